The van der Waals surface area contributed by atoms with Gasteiger partial charge in [0.25, 0.3) is 0 Å². The number of aryl methyl sites for hydroxylation is 2. The first-order valence-corrected chi connectivity index (χ1v) is 8.64. The largest absolute Gasteiger partial charge is 0.347 e. The molecule has 0 bridgehead atoms. The van der Waals surface area contributed by atoms with Gasteiger partial charge in [-0.15, -0.1) is 0 Å². The van der Waals surface area contributed by atoms with Crippen LogP contribution in [0.2, 0.25) is 0 Å². The summed E-state index contributed by atoms with van der Waals surface area (Å²) in [6.07, 6.45) is 4.26. The van der Waals surface area contributed by atoms with Crippen molar-refractivity contribution < 1.29 is 4.79 Å². The summed E-state index contributed by atoms with van der Waals surface area (Å²) in [6, 6.07) is 5.82. The van der Waals surface area contributed by atoms with Crippen molar-refractivity contribution in [3.8, 4) is 0 Å². The second-order valence-electron chi connectivity index (χ2n) is 5.61. The van der Waals surface area contributed by atoms with Gasteiger partial charge in [-0.25, -0.2) is 9.67 Å². The highest BCUT2D eigenvalue weighted by Gasteiger charge is 2.17. The summed E-state index contributed by atoms with van der Waals surface area (Å²) in [5.41, 5.74) is 2.19. The first-order chi connectivity index (χ1) is 11.6. The number of pyridine rings is 1. The Morgan fingerprint density at radius 3 is 2.88 bits per heavy atom. The molecule has 0 aliphatic heterocycles. The smallest absolute Gasteiger partial charge is 0.242 e. The van der Waals surface area contributed by atoms with Gasteiger partial charge < -0.3 is 5.32 Å². The number of aromatic nitrogens is 4. The zero-order chi connectivity index (χ0) is 16.9. The number of carbonyl (C=O) groups excluding carboxylic acids is 1. The molecule has 0 spiro atoms. The number of nitrogens with one attached hydrogen (secondary N) is 1. The third-order valence-corrected chi connectivity index (χ3v) is 4.43. The molecule has 7 heteroatoms. The number of hydrogen-bond acceptors (Lipinski definition) is 5. The predicted molar refractivity (Wildman–Crippen MR) is 92.6 cm³/mol. The first kappa shape index (κ1) is 16.3. The Bertz CT molecular complexity index is 798. The second kappa shape index (κ2) is 7.35. The van der Waals surface area contributed by atoms with Crippen molar-refractivity contribution in [2.75, 3.05) is 0 Å². The third-order valence-electron chi connectivity index (χ3n) is 3.70. The summed E-state index contributed by atoms with van der Waals surface area (Å²) < 4.78 is 1.62. The van der Waals surface area contributed by atoms with Crippen LogP contribution in [0.1, 0.15) is 28.8 Å². The average Bonchev–Trinajstić information content (AvgIpc) is 3.17. The van der Waals surface area contributed by atoms with Gasteiger partial charge in [-0.3, -0.25) is 9.78 Å². The van der Waals surface area contributed by atoms with Crippen LogP contribution < -0.4 is 5.32 Å². The Morgan fingerprint density at radius 2 is 2.25 bits per heavy atom. The lowest BCUT2D eigenvalue weighted by Gasteiger charge is -2.18. The van der Waals surface area contributed by atoms with Crippen LogP contribution in [0, 0.1) is 13.8 Å². The van der Waals surface area contributed by atoms with Crippen LogP contribution in [-0.4, -0.2) is 25.7 Å². The Morgan fingerprint density at radius 1 is 1.38 bits per heavy atom. The first-order valence-electron chi connectivity index (χ1n) is 7.70. The highest BCUT2D eigenvalue weighted by atomic mass is 32.1. The molecular formula is C17H19N5OS. The van der Waals surface area contributed by atoms with Gasteiger partial charge in [-0.2, -0.15) is 16.4 Å². The number of nitrogens with zero attached hydrogens (tertiary/aromatic N) is 4. The Balaban J connectivity index is 1.73. The van der Waals surface area contributed by atoms with E-state index in [-0.39, 0.29) is 18.5 Å². The molecule has 1 amide bonds. The Hall–Kier alpha value is -2.54. The van der Waals surface area contributed by atoms with E-state index < -0.39 is 0 Å². The molecule has 6 nitrogen and oxygen atoms in total. The van der Waals surface area contributed by atoms with E-state index in [1.165, 1.54) is 5.56 Å². The minimum absolute atomic E-state index is 0.0907. The molecule has 0 fully saturated rings. The SMILES string of the molecule is Cc1nc(C)n(CC(=O)NC(Cc2ccsc2)c2cccnc2)n1. The van der Waals surface area contributed by atoms with Crippen molar-refractivity contribution in [3.63, 3.8) is 0 Å². The minimum Gasteiger partial charge on any atom is -0.347 e. The summed E-state index contributed by atoms with van der Waals surface area (Å²) in [5, 5.41) is 11.5. The molecule has 1 atom stereocenters. The maximum Gasteiger partial charge on any atom is 0.242 e. The maximum absolute atomic E-state index is 12.5. The monoisotopic (exact) mass is 341 g/mol. The fourth-order valence-electron chi connectivity index (χ4n) is 2.57. The summed E-state index contributed by atoms with van der Waals surface area (Å²) in [5.74, 6) is 1.31. The van der Waals surface area contributed by atoms with Crippen LogP contribution in [0.15, 0.2) is 41.4 Å². The number of amides is 1. The van der Waals surface area contributed by atoms with Crippen LogP contribution in [0.5, 0.6) is 0 Å². The van der Waals surface area contributed by atoms with E-state index in [9.17, 15) is 4.79 Å². The predicted octanol–water partition coefficient (Wildman–Crippen LogP) is 2.45. The fraction of sp³-hybridized carbons (Fsp3) is 0.294. The van der Waals surface area contributed by atoms with Crippen molar-refractivity contribution in [2.45, 2.75) is 32.9 Å². The average molecular weight is 341 g/mol. The van der Waals surface area contributed by atoms with Crippen LogP contribution in [0.25, 0.3) is 0 Å². The normalized spacial score (nSPS) is 12.1. The molecule has 3 rings (SSSR count). The molecule has 0 radical (unpaired) electrons. The van der Waals surface area contributed by atoms with E-state index in [4.69, 9.17) is 0 Å². The van der Waals surface area contributed by atoms with Gasteiger partial charge in [0.2, 0.25) is 5.91 Å². The van der Waals surface area contributed by atoms with Crippen molar-refractivity contribution in [1.82, 2.24) is 25.1 Å². The minimum atomic E-state index is -0.120. The van der Waals surface area contributed by atoms with Gasteiger partial charge in [-0.1, -0.05) is 6.07 Å². The van der Waals surface area contributed by atoms with E-state index in [1.807, 2.05) is 31.4 Å². The maximum atomic E-state index is 12.5. The molecule has 1 N–H and O–H groups in total. The standard InChI is InChI=1S/C17H19N5OS/c1-12-19-13(2)22(21-12)10-17(23)20-16(8-14-5-7-24-11-14)15-4-3-6-18-9-15/h3-7,9,11,16H,8,10H2,1-2H3,(H,20,23). The number of hydrogen-bond donors (Lipinski definition) is 1. The molecule has 1 unspecified atom stereocenters. The quantitative estimate of drug-likeness (QED) is 0.747. The lowest BCUT2D eigenvalue weighted by molar-refractivity contribution is -0.122. The molecule has 124 valence electrons. The van der Waals surface area contributed by atoms with Gasteiger partial charge in [0.05, 0.1) is 6.04 Å². The third kappa shape index (κ3) is 4.05. The molecule has 0 aliphatic rings. The van der Waals surface area contributed by atoms with Crippen LogP contribution >= 0.6 is 11.3 Å². The Labute approximate surface area is 144 Å². The zero-order valence-corrected chi connectivity index (χ0v) is 14.5. The van der Waals surface area contributed by atoms with E-state index in [0.717, 1.165) is 17.8 Å². The number of thiophene rings is 1. The van der Waals surface area contributed by atoms with Gasteiger partial charge in [0, 0.05) is 12.4 Å². The highest BCUT2D eigenvalue weighted by Crippen LogP contribution is 2.19. The van der Waals surface area contributed by atoms with E-state index in [1.54, 1.807) is 28.4 Å². The molecule has 0 aliphatic carbocycles. The van der Waals surface area contributed by atoms with Gasteiger partial charge >= 0.3 is 0 Å². The van der Waals surface area contributed by atoms with Crippen LogP contribution in [0.4, 0.5) is 0 Å². The summed E-state index contributed by atoms with van der Waals surface area (Å²) >= 11 is 1.65. The summed E-state index contributed by atoms with van der Waals surface area (Å²) in [4.78, 5) is 20.9. The topological polar surface area (TPSA) is 72.7 Å². The van der Waals surface area contributed by atoms with Crippen molar-refractivity contribution >= 4 is 17.2 Å². The highest BCUT2D eigenvalue weighted by molar-refractivity contribution is 7.07. The lowest BCUT2D eigenvalue weighted by atomic mass is 10.0. The molecule has 0 saturated heterocycles. The molecule has 0 aromatic carbocycles. The molecule has 3 aromatic heterocycles. The van der Waals surface area contributed by atoms with Gasteiger partial charge in [0.15, 0.2) is 0 Å². The van der Waals surface area contributed by atoms with Gasteiger partial charge in [0.1, 0.15) is 18.2 Å². The Kier molecular flexibility index (Phi) is 5.00. The summed E-state index contributed by atoms with van der Waals surface area (Å²) in [6.45, 7) is 3.82. The van der Waals surface area contributed by atoms with E-state index >= 15 is 0 Å². The van der Waals surface area contributed by atoms with Crippen LogP contribution in [0.3, 0.4) is 0 Å². The molecule has 3 heterocycles. The lowest BCUT2D eigenvalue weighted by Crippen LogP contribution is -2.33. The fourth-order valence-corrected chi connectivity index (χ4v) is 3.25. The van der Waals surface area contributed by atoms with Crippen LogP contribution in [-0.2, 0) is 17.8 Å². The number of rotatable bonds is 6. The van der Waals surface area contributed by atoms with E-state index in [0.29, 0.717) is 5.82 Å². The van der Waals surface area contributed by atoms with Crippen molar-refractivity contribution in [3.05, 3.63) is 64.1 Å². The summed E-state index contributed by atoms with van der Waals surface area (Å²) in [7, 11) is 0. The van der Waals surface area contributed by atoms with Gasteiger partial charge in [-0.05, 0) is 54.3 Å². The molecule has 24 heavy (non-hydrogen) atoms. The van der Waals surface area contributed by atoms with Crippen molar-refractivity contribution in [1.29, 1.82) is 0 Å². The second-order valence-corrected chi connectivity index (χ2v) is 6.39. The van der Waals surface area contributed by atoms with E-state index in [2.05, 4.69) is 31.8 Å². The number of carbonyl (C=O) groups is 1. The molecule has 3 aromatic rings. The van der Waals surface area contributed by atoms with Crippen molar-refractivity contribution in [2.24, 2.45) is 0 Å². The zero-order valence-electron chi connectivity index (χ0n) is 13.6. The molecule has 0 saturated carbocycles. The molecular weight excluding hydrogens is 322 g/mol.